The van der Waals surface area contributed by atoms with E-state index in [9.17, 15) is 0 Å². The molecule has 1 aromatic heterocycles. The number of piperazine rings is 2. The van der Waals surface area contributed by atoms with Crippen molar-refractivity contribution in [1.82, 2.24) is 29.6 Å². The molecule has 2 aromatic rings. The van der Waals surface area contributed by atoms with Crippen LogP contribution in [0.4, 0.5) is 11.6 Å². The van der Waals surface area contributed by atoms with E-state index in [1.807, 2.05) is 12.1 Å². The highest BCUT2D eigenvalue weighted by Gasteiger charge is 2.16. The Hall–Kier alpha value is -0.980. The third-order valence-corrected chi connectivity index (χ3v) is 7.23. The first-order valence-corrected chi connectivity index (χ1v) is 12.9. The number of rotatable bonds is 8. The van der Waals surface area contributed by atoms with Gasteiger partial charge in [0.1, 0.15) is 5.52 Å². The van der Waals surface area contributed by atoms with Crippen LogP contribution in [0.1, 0.15) is 0 Å². The third kappa shape index (κ3) is 6.54. The van der Waals surface area contributed by atoms with Gasteiger partial charge in [0.05, 0.1) is 10.5 Å². The number of benzene rings is 1. The number of anilines is 2. The van der Waals surface area contributed by atoms with E-state index in [0.717, 1.165) is 105 Å². The second-order valence-electron chi connectivity index (χ2n) is 8.82. The summed E-state index contributed by atoms with van der Waals surface area (Å²) in [5.41, 5.74) is 1.58. The van der Waals surface area contributed by atoms with Gasteiger partial charge in [-0.15, -0.1) is 0 Å². The van der Waals surface area contributed by atoms with Crippen LogP contribution >= 0.6 is 34.2 Å². The fourth-order valence-electron chi connectivity index (χ4n) is 4.14. The van der Waals surface area contributed by atoms with Crippen molar-refractivity contribution in [1.29, 1.82) is 0 Å². The summed E-state index contributed by atoms with van der Waals surface area (Å²) in [6.07, 6.45) is 0. The lowest BCUT2D eigenvalue weighted by molar-refractivity contribution is 0.158. The van der Waals surface area contributed by atoms with E-state index in [-0.39, 0.29) is 0 Å². The zero-order valence-corrected chi connectivity index (χ0v) is 22.0. The molecule has 0 spiro atoms. The van der Waals surface area contributed by atoms with Crippen LogP contribution in [0.2, 0.25) is 5.02 Å². The lowest BCUT2D eigenvalue weighted by Gasteiger charge is -2.32. The molecule has 1 aromatic carbocycles. The van der Waals surface area contributed by atoms with Crippen LogP contribution in [0.3, 0.4) is 0 Å². The fourth-order valence-corrected chi connectivity index (χ4v) is 5.19. The topological polar surface area (TPSA) is 62.8 Å². The maximum absolute atomic E-state index is 6.49. The van der Waals surface area contributed by atoms with Crippen LogP contribution < -0.4 is 10.6 Å². The summed E-state index contributed by atoms with van der Waals surface area (Å²) < 4.78 is 1.06. The lowest BCUT2D eigenvalue weighted by Crippen LogP contribution is -2.46. The van der Waals surface area contributed by atoms with Crippen LogP contribution in [0.5, 0.6) is 0 Å². The molecular formula is C22H34ClIN8. The Morgan fingerprint density at radius 1 is 0.812 bits per heavy atom. The maximum atomic E-state index is 6.49. The molecule has 2 saturated heterocycles. The Labute approximate surface area is 209 Å². The molecule has 4 rings (SSSR count). The molecule has 8 nitrogen and oxygen atoms in total. The molecular weight excluding hydrogens is 539 g/mol. The fraction of sp³-hybridized carbons (Fsp3) is 0.636. The number of hydrogen-bond acceptors (Lipinski definition) is 8. The quantitative estimate of drug-likeness (QED) is 0.467. The molecule has 3 heterocycles. The molecule has 0 unspecified atom stereocenters. The minimum absolute atomic E-state index is 0.644. The molecule has 32 heavy (non-hydrogen) atoms. The predicted octanol–water partition coefficient (Wildman–Crippen LogP) is 2.21. The normalized spacial score (nSPS) is 19.5. The van der Waals surface area contributed by atoms with E-state index in [4.69, 9.17) is 21.6 Å². The highest BCUT2D eigenvalue weighted by Crippen LogP contribution is 2.28. The Morgan fingerprint density at radius 2 is 1.31 bits per heavy atom. The first kappa shape index (κ1) is 24.2. The molecule has 0 aliphatic carbocycles. The van der Waals surface area contributed by atoms with Gasteiger partial charge in [-0.1, -0.05) is 11.6 Å². The van der Waals surface area contributed by atoms with Gasteiger partial charge in [-0.2, -0.15) is 0 Å². The number of fused-ring (bicyclic) bond motifs is 1. The van der Waals surface area contributed by atoms with Gasteiger partial charge >= 0.3 is 0 Å². The number of aromatic nitrogens is 2. The first-order chi connectivity index (χ1) is 15.5. The third-order valence-electron chi connectivity index (χ3n) is 6.32. The van der Waals surface area contributed by atoms with E-state index in [1.54, 1.807) is 0 Å². The zero-order chi connectivity index (χ0) is 22.5. The number of nitrogens with zero attached hydrogens (tertiary/aromatic N) is 6. The Kier molecular flexibility index (Phi) is 8.63. The molecule has 2 fully saturated rings. The summed E-state index contributed by atoms with van der Waals surface area (Å²) in [7, 11) is 4.37. The monoisotopic (exact) mass is 572 g/mol. The second kappa shape index (κ2) is 11.4. The van der Waals surface area contributed by atoms with Crippen molar-refractivity contribution in [3.8, 4) is 0 Å². The smallest absolute Gasteiger partial charge is 0.169 e. The summed E-state index contributed by atoms with van der Waals surface area (Å²) in [6.45, 7) is 12.6. The summed E-state index contributed by atoms with van der Waals surface area (Å²) in [6, 6.07) is 3.97. The van der Waals surface area contributed by atoms with E-state index in [0.29, 0.717) is 5.02 Å². The highest BCUT2D eigenvalue weighted by atomic mass is 127. The van der Waals surface area contributed by atoms with E-state index in [1.165, 1.54) is 0 Å². The van der Waals surface area contributed by atoms with E-state index >= 15 is 0 Å². The molecule has 176 valence electrons. The van der Waals surface area contributed by atoms with Crippen molar-refractivity contribution in [3.63, 3.8) is 0 Å². The SMILES string of the molecule is CN1CCN(CCNc2nc3cc(I)cc(Cl)c3nc2NCCN2CCN(C)CC2)CC1. The molecule has 0 bridgehead atoms. The van der Waals surface area contributed by atoms with Gasteiger partial charge in [0, 0.05) is 82.1 Å². The number of hydrogen-bond donors (Lipinski definition) is 2. The van der Waals surface area contributed by atoms with Crippen molar-refractivity contribution in [2.45, 2.75) is 0 Å². The van der Waals surface area contributed by atoms with Gasteiger partial charge in [-0.05, 0) is 48.8 Å². The molecule has 0 radical (unpaired) electrons. The Morgan fingerprint density at radius 3 is 1.84 bits per heavy atom. The number of nitrogens with one attached hydrogen (secondary N) is 2. The molecule has 2 N–H and O–H groups in total. The lowest BCUT2D eigenvalue weighted by atomic mass is 10.3. The molecule has 0 saturated carbocycles. The van der Waals surface area contributed by atoms with E-state index in [2.05, 4.69) is 66.9 Å². The van der Waals surface area contributed by atoms with Gasteiger partial charge in [0.25, 0.3) is 0 Å². The summed E-state index contributed by atoms with van der Waals surface area (Å²) in [5.74, 6) is 1.59. The summed E-state index contributed by atoms with van der Waals surface area (Å²) in [5, 5.41) is 7.71. The van der Waals surface area contributed by atoms with Crippen molar-refractivity contribution in [2.24, 2.45) is 0 Å². The van der Waals surface area contributed by atoms with Crippen LogP contribution in [0.25, 0.3) is 11.0 Å². The largest absolute Gasteiger partial charge is 0.366 e. The Bertz CT molecular complexity index is 897. The van der Waals surface area contributed by atoms with Gasteiger partial charge < -0.3 is 20.4 Å². The van der Waals surface area contributed by atoms with Gasteiger partial charge in [-0.25, -0.2) is 9.97 Å². The van der Waals surface area contributed by atoms with Crippen LogP contribution in [-0.2, 0) is 0 Å². The maximum Gasteiger partial charge on any atom is 0.169 e. The molecule has 2 aliphatic heterocycles. The average Bonchev–Trinajstić information content (AvgIpc) is 2.77. The van der Waals surface area contributed by atoms with Crippen LogP contribution in [-0.4, -0.2) is 122 Å². The summed E-state index contributed by atoms with van der Waals surface area (Å²) in [4.78, 5) is 19.5. The van der Waals surface area contributed by atoms with Gasteiger partial charge in [-0.3, -0.25) is 9.80 Å². The minimum atomic E-state index is 0.644. The minimum Gasteiger partial charge on any atom is -0.366 e. The Balaban J connectivity index is 1.42. The molecule has 10 heteroatoms. The number of halogens is 2. The van der Waals surface area contributed by atoms with E-state index < -0.39 is 0 Å². The standard InChI is InChI=1S/C22H34ClIN8/c1-29-7-11-31(12-8-29)5-3-25-21-22(26-4-6-32-13-9-30(2)10-14-32)28-20-18(23)15-17(24)16-19(20)27-21/h15-16H,3-14H2,1-2H3,(H,25,27)(H,26,28). The van der Waals surface area contributed by atoms with Crippen molar-refractivity contribution < 1.29 is 0 Å². The number of likely N-dealkylation sites (N-methyl/N-ethyl adjacent to an activating group) is 2. The van der Waals surface area contributed by atoms with Crippen molar-refractivity contribution in [2.75, 3.05) is 103 Å². The molecule has 0 amide bonds. The van der Waals surface area contributed by atoms with Gasteiger partial charge in [0.15, 0.2) is 11.6 Å². The molecule has 2 aliphatic rings. The zero-order valence-electron chi connectivity index (χ0n) is 19.1. The first-order valence-electron chi connectivity index (χ1n) is 11.4. The van der Waals surface area contributed by atoms with Crippen LogP contribution in [0.15, 0.2) is 12.1 Å². The summed E-state index contributed by atoms with van der Waals surface area (Å²) >= 11 is 8.77. The van der Waals surface area contributed by atoms with Crippen LogP contribution in [0, 0.1) is 3.57 Å². The highest BCUT2D eigenvalue weighted by molar-refractivity contribution is 14.1. The predicted molar refractivity (Wildman–Crippen MR) is 142 cm³/mol. The molecule has 0 atom stereocenters. The van der Waals surface area contributed by atoms with Crippen molar-refractivity contribution >= 4 is 56.9 Å². The second-order valence-corrected chi connectivity index (χ2v) is 10.5. The van der Waals surface area contributed by atoms with Gasteiger partial charge in [0.2, 0.25) is 0 Å². The van der Waals surface area contributed by atoms with Crippen molar-refractivity contribution in [3.05, 3.63) is 20.7 Å². The average molecular weight is 573 g/mol.